The molecule has 0 bridgehead atoms. The second kappa shape index (κ2) is 3.75. The maximum Gasteiger partial charge on any atom is -0.0133 e. The summed E-state index contributed by atoms with van der Waals surface area (Å²) in [6.45, 7) is 6.85. The van der Waals surface area contributed by atoms with Gasteiger partial charge in [0.05, 0.1) is 0 Å². The number of rotatable bonds is 2. The summed E-state index contributed by atoms with van der Waals surface area (Å²) in [5.74, 6) is 0.745. The summed E-state index contributed by atoms with van der Waals surface area (Å²) in [6, 6.07) is 0. The van der Waals surface area contributed by atoms with E-state index in [0.717, 1.165) is 5.92 Å². The Hall–Kier alpha value is -0.520. The fourth-order valence-electron chi connectivity index (χ4n) is 1.73. The normalized spacial score (nSPS) is 18.2. The fourth-order valence-corrected chi connectivity index (χ4v) is 1.73. The average Bonchev–Trinajstić information content (AvgIpc) is 2.04. The minimum Gasteiger partial charge on any atom is -0.0841 e. The molecule has 0 atom stereocenters. The van der Waals surface area contributed by atoms with Gasteiger partial charge in [-0.15, -0.1) is 0 Å². The van der Waals surface area contributed by atoms with Gasteiger partial charge in [0, 0.05) is 0 Å². The molecule has 0 aromatic heterocycles. The van der Waals surface area contributed by atoms with Crippen LogP contribution < -0.4 is 0 Å². The molecule has 0 heteroatoms. The Bertz CT molecular complexity index is 182. The molecule has 0 saturated heterocycles. The molecular weight excluding hydrogens is 132 g/mol. The summed E-state index contributed by atoms with van der Waals surface area (Å²) < 4.78 is 0. The largest absolute Gasteiger partial charge is 0.0841 e. The van der Waals surface area contributed by atoms with Crippen LogP contribution in [0.5, 0.6) is 0 Å². The first kappa shape index (κ1) is 8.58. The Balaban J connectivity index is 2.76. The van der Waals surface area contributed by atoms with Crippen LogP contribution in [0.2, 0.25) is 0 Å². The van der Waals surface area contributed by atoms with E-state index in [0.29, 0.717) is 0 Å². The van der Waals surface area contributed by atoms with Gasteiger partial charge >= 0.3 is 0 Å². The number of allylic oxidation sites excluding steroid dienone is 4. The summed E-state index contributed by atoms with van der Waals surface area (Å²) in [6.07, 6.45) is 8.22. The number of hydrogen-bond donors (Lipinski definition) is 0. The third kappa shape index (κ3) is 1.95. The molecule has 11 heavy (non-hydrogen) atoms. The van der Waals surface area contributed by atoms with Crippen molar-refractivity contribution in [3.63, 3.8) is 0 Å². The van der Waals surface area contributed by atoms with E-state index in [9.17, 15) is 0 Å². The molecule has 0 N–H and O–H groups in total. The van der Waals surface area contributed by atoms with E-state index in [-0.39, 0.29) is 0 Å². The molecule has 0 fully saturated rings. The molecule has 62 valence electrons. The average molecular weight is 150 g/mol. The molecule has 0 amide bonds. The molecule has 0 unspecified atom stereocenters. The summed E-state index contributed by atoms with van der Waals surface area (Å²) >= 11 is 0. The van der Waals surface area contributed by atoms with Gasteiger partial charge in [-0.1, -0.05) is 44.1 Å². The quantitative estimate of drug-likeness (QED) is 0.526. The Morgan fingerprint density at radius 1 is 1.27 bits per heavy atom. The van der Waals surface area contributed by atoms with Gasteiger partial charge in [-0.3, -0.25) is 0 Å². The predicted octanol–water partition coefficient (Wildman–Crippen LogP) is 3.70. The fraction of sp³-hybridized carbons (Fsp3) is 0.636. The summed E-state index contributed by atoms with van der Waals surface area (Å²) in [4.78, 5) is 0. The van der Waals surface area contributed by atoms with Gasteiger partial charge < -0.3 is 0 Å². The van der Waals surface area contributed by atoms with Crippen molar-refractivity contribution in [3.05, 3.63) is 23.3 Å². The van der Waals surface area contributed by atoms with E-state index in [4.69, 9.17) is 0 Å². The molecule has 0 aromatic rings. The van der Waals surface area contributed by atoms with Crippen molar-refractivity contribution >= 4 is 0 Å². The zero-order valence-corrected chi connectivity index (χ0v) is 7.85. The van der Waals surface area contributed by atoms with Crippen molar-refractivity contribution in [2.75, 3.05) is 0 Å². The Labute approximate surface area is 70.0 Å². The smallest absolute Gasteiger partial charge is 0.0133 e. The van der Waals surface area contributed by atoms with Gasteiger partial charge in [0.1, 0.15) is 0 Å². The minimum absolute atomic E-state index is 0.745. The molecule has 1 rings (SSSR count). The van der Waals surface area contributed by atoms with Crippen LogP contribution in [-0.2, 0) is 0 Å². The monoisotopic (exact) mass is 150 g/mol. The highest BCUT2D eigenvalue weighted by atomic mass is 14.2. The van der Waals surface area contributed by atoms with Gasteiger partial charge in [0.15, 0.2) is 0 Å². The summed E-state index contributed by atoms with van der Waals surface area (Å²) in [5.41, 5.74) is 3.34. The Kier molecular flexibility index (Phi) is 2.92. The van der Waals surface area contributed by atoms with Gasteiger partial charge in [0.2, 0.25) is 0 Å². The van der Waals surface area contributed by atoms with E-state index in [1.807, 2.05) is 0 Å². The summed E-state index contributed by atoms with van der Waals surface area (Å²) in [5, 5.41) is 0. The van der Waals surface area contributed by atoms with Gasteiger partial charge in [-0.05, 0) is 25.2 Å². The molecule has 0 aromatic carbocycles. The van der Waals surface area contributed by atoms with Gasteiger partial charge in [-0.25, -0.2) is 0 Å². The van der Waals surface area contributed by atoms with Crippen LogP contribution in [-0.4, -0.2) is 0 Å². The van der Waals surface area contributed by atoms with Crippen LogP contribution in [0.1, 0.15) is 40.0 Å². The highest BCUT2D eigenvalue weighted by Crippen LogP contribution is 2.27. The maximum absolute atomic E-state index is 2.30. The van der Waals surface area contributed by atoms with Crippen LogP contribution in [0.15, 0.2) is 23.3 Å². The Morgan fingerprint density at radius 2 is 1.91 bits per heavy atom. The van der Waals surface area contributed by atoms with Gasteiger partial charge in [0.25, 0.3) is 0 Å². The van der Waals surface area contributed by atoms with E-state index < -0.39 is 0 Å². The van der Waals surface area contributed by atoms with Crippen molar-refractivity contribution < 1.29 is 0 Å². The number of hydrogen-bond acceptors (Lipinski definition) is 0. The molecule has 0 heterocycles. The molecule has 1 aliphatic carbocycles. The van der Waals surface area contributed by atoms with E-state index in [2.05, 4.69) is 32.9 Å². The molecule has 0 nitrogen and oxygen atoms in total. The molecule has 0 spiro atoms. The Morgan fingerprint density at radius 3 is 2.36 bits per heavy atom. The molecular formula is C11H18. The lowest BCUT2D eigenvalue weighted by atomic mass is 9.88. The highest BCUT2D eigenvalue weighted by molar-refractivity contribution is 5.25. The van der Waals surface area contributed by atoms with Crippen molar-refractivity contribution in [1.29, 1.82) is 0 Å². The zero-order chi connectivity index (χ0) is 8.27. The second-order valence-electron chi connectivity index (χ2n) is 3.52. The van der Waals surface area contributed by atoms with E-state index >= 15 is 0 Å². The third-order valence-corrected chi connectivity index (χ3v) is 2.45. The second-order valence-corrected chi connectivity index (χ2v) is 3.52. The van der Waals surface area contributed by atoms with Crippen molar-refractivity contribution in [2.45, 2.75) is 40.0 Å². The van der Waals surface area contributed by atoms with Crippen LogP contribution in [0.25, 0.3) is 0 Å². The van der Waals surface area contributed by atoms with Crippen LogP contribution in [0, 0.1) is 5.92 Å². The lowest BCUT2D eigenvalue weighted by molar-refractivity contribution is 0.711. The highest BCUT2D eigenvalue weighted by Gasteiger charge is 2.09. The zero-order valence-electron chi connectivity index (χ0n) is 7.85. The van der Waals surface area contributed by atoms with Crippen molar-refractivity contribution in [3.8, 4) is 0 Å². The molecule has 1 aliphatic rings. The van der Waals surface area contributed by atoms with Gasteiger partial charge in [-0.2, -0.15) is 0 Å². The predicted molar refractivity (Wildman–Crippen MR) is 50.5 cm³/mol. The first-order valence-electron chi connectivity index (χ1n) is 4.61. The molecule has 0 aliphatic heterocycles. The topological polar surface area (TPSA) is 0 Å². The summed E-state index contributed by atoms with van der Waals surface area (Å²) in [7, 11) is 0. The van der Waals surface area contributed by atoms with Crippen molar-refractivity contribution in [2.24, 2.45) is 5.92 Å². The third-order valence-electron chi connectivity index (χ3n) is 2.45. The molecule has 0 saturated carbocycles. The standard InChI is InChI=1S/C11H18/c1-4-10-7-5-6-8-11(10)9(2)3/h5-6,9H,4,7-8H2,1-3H3. The SMILES string of the molecule is CCC1=C(C(C)C)CC=CC1. The van der Waals surface area contributed by atoms with Crippen LogP contribution >= 0.6 is 0 Å². The lowest BCUT2D eigenvalue weighted by Crippen LogP contribution is -2.01. The van der Waals surface area contributed by atoms with E-state index in [1.165, 1.54) is 19.3 Å². The van der Waals surface area contributed by atoms with Crippen LogP contribution in [0.4, 0.5) is 0 Å². The minimum atomic E-state index is 0.745. The first-order chi connectivity index (χ1) is 5.25. The first-order valence-corrected chi connectivity index (χ1v) is 4.61. The van der Waals surface area contributed by atoms with E-state index in [1.54, 1.807) is 11.1 Å². The van der Waals surface area contributed by atoms with Crippen molar-refractivity contribution in [1.82, 2.24) is 0 Å². The van der Waals surface area contributed by atoms with Crippen LogP contribution in [0.3, 0.4) is 0 Å². The molecule has 0 radical (unpaired) electrons. The lowest BCUT2D eigenvalue weighted by Gasteiger charge is -2.18. The maximum atomic E-state index is 2.30.